The molecule has 3 aromatic rings. The van der Waals surface area contributed by atoms with Crippen molar-refractivity contribution in [2.45, 2.75) is 26.0 Å². The first-order valence-corrected chi connectivity index (χ1v) is 9.06. The lowest BCUT2D eigenvalue weighted by molar-refractivity contribution is -0.145. The number of methoxy groups -OCH3 is 1. The molecule has 1 atom stereocenters. The van der Waals surface area contributed by atoms with Crippen LogP contribution in [0, 0.1) is 5.82 Å². The summed E-state index contributed by atoms with van der Waals surface area (Å²) in [5.74, 6) is -0.456. The monoisotopic (exact) mass is 396 g/mol. The lowest BCUT2D eigenvalue weighted by Crippen LogP contribution is -2.28. The summed E-state index contributed by atoms with van der Waals surface area (Å²) in [4.78, 5) is 28.2. The van der Waals surface area contributed by atoms with Crippen LogP contribution in [0.4, 0.5) is 4.39 Å². The summed E-state index contributed by atoms with van der Waals surface area (Å²) in [5.41, 5.74) is 1.82. The lowest BCUT2D eigenvalue weighted by Gasteiger charge is -2.18. The van der Waals surface area contributed by atoms with E-state index in [1.165, 1.54) is 13.0 Å². The van der Waals surface area contributed by atoms with Crippen LogP contribution < -0.4 is 10.1 Å². The average Bonchev–Trinajstić information content (AvgIpc) is 2.73. The fourth-order valence-electron chi connectivity index (χ4n) is 3.03. The number of rotatable bonds is 7. The van der Waals surface area contributed by atoms with Gasteiger partial charge in [0.25, 0.3) is 0 Å². The maximum atomic E-state index is 13.9. The predicted molar refractivity (Wildman–Crippen MR) is 106 cm³/mol. The lowest BCUT2D eigenvalue weighted by atomic mass is 10.0. The second-order valence-electron chi connectivity index (χ2n) is 6.50. The first kappa shape index (κ1) is 20.3. The van der Waals surface area contributed by atoms with Crippen molar-refractivity contribution < 1.29 is 23.5 Å². The van der Waals surface area contributed by atoms with Crippen LogP contribution in [0.15, 0.2) is 54.7 Å². The second-order valence-corrected chi connectivity index (χ2v) is 6.50. The molecule has 150 valence electrons. The van der Waals surface area contributed by atoms with Gasteiger partial charge in [-0.05, 0) is 35.9 Å². The number of hydrogen-bond acceptors (Lipinski definition) is 5. The van der Waals surface area contributed by atoms with Crippen LogP contribution in [-0.2, 0) is 20.9 Å². The summed E-state index contributed by atoms with van der Waals surface area (Å²) in [5, 5.41) is 3.13. The molecule has 0 aliphatic carbocycles. The molecule has 3 rings (SSSR count). The number of amides is 1. The molecule has 1 aromatic heterocycles. The van der Waals surface area contributed by atoms with E-state index in [9.17, 15) is 14.0 Å². The zero-order chi connectivity index (χ0) is 20.8. The fourth-order valence-corrected chi connectivity index (χ4v) is 3.03. The van der Waals surface area contributed by atoms with Crippen LogP contribution in [0.1, 0.15) is 30.5 Å². The highest BCUT2D eigenvalue weighted by atomic mass is 19.1. The number of pyridine rings is 1. The largest absolute Gasteiger partial charge is 0.497 e. The van der Waals surface area contributed by atoms with Crippen LogP contribution >= 0.6 is 0 Å². The number of nitrogens with zero attached hydrogens (tertiary/aromatic N) is 1. The zero-order valence-corrected chi connectivity index (χ0v) is 16.1. The van der Waals surface area contributed by atoms with E-state index in [2.05, 4.69) is 10.3 Å². The molecule has 6 nitrogen and oxygen atoms in total. The van der Waals surface area contributed by atoms with Crippen LogP contribution in [0.2, 0.25) is 0 Å². The van der Waals surface area contributed by atoms with Gasteiger partial charge in [-0.1, -0.05) is 18.2 Å². The Morgan fingerprint density at radius 2 is 1.90 bits per heavy atom. The minimum atomic E-state index is -0.533. The van der Waals surface area contributed by atoms with Gasteiger partial charge in [0.15, 0.2) is 0 Å². The molecule has 0 saturated carbocycles. The Balaban J connectivity index is 1.70. The van der Waals surface area contributed by atoms with Gasteiger partial charge < -0.3 is 14.8 Å². The van der Waals surface area contributed by atoms with Crippen LogP contribution in [0.3, 0.4) is 0 Å². The standard InChI is InChI=1S/C22H21FN2O4/c1-14(26)25-20(15-5-8-17(28-2)9-6-15)12-21(27)29-13-16-7-10-19(23)18-4-3-11-24-22(16)18/h3-11,20H,12-13H2,1-2H3,(H,25,26). The fraction of sp³-hybridized carbons (Fsp3) is 0.227. The molecule has 0 saturated heterocycles. The number of aromatic nitrogens is 1. The normalized spacial score (nSPS) is 11.7. The van der Waals surface area contributed by atoms with Gasteiger partial charge in [-0.2, -0.15) is 0 Å². The van der Waals surface area contributed by atoms with Crippen molar-refractivity contribution in [3.05, 3.63) is 71.7 Å². The molecular weight excluding hydrogens is 375 g/mol. The van der Waals surface area contributed by atoms with Crippen LogP contribution in [0.25, 0.3) is 10.9 Å². The second kappa shape index (κ2) is 9.14. The molecule has 0 spiro atoms. The molecule has 2 aromatic carbocycles. The number of esters is 1. The van der Waals surface area contributed by atoms with E-state index < -0.39 is 12.0 Å². The highest BCUT2D eigenvalue weighted by Crippen LogP contribution is 2.23. The predicted octanol–water partition coefficient (Wildman–Crippen LogP) is 3.69. The van der Waals surface area contributed by atoms with Gasteiger partial charge in [0, 0.05) is 24.1 Å². The quantitative estimate of drug-likeness (QED) is 0.617. The van der Waals surface area contributed by atoms with Crippen molar-refractivity contribution in [2.24, 2.45) is 0 Å². The molecule has 0 radical (unpaired) electrons. The third-order valence-corrected chi connectivity index (χ3v) is 4.46. The summed E-state index contributed by atoms with van der Waals surface area (Å²) in [6.45, 7) is 1.35. The summed E-state index contributed by atoms with van der Waals surface area (Å²) < 4.78 is 24.4. The molecule has 1 amide bonds. The third kappa shape index (κ3) is 5.07. The van der Waals surface area contributed by atoms with Crippen molar-refractivity contribution in [3.8, 4) is 5.75 Å². The first-order valence-electron chi connectivity index (χ1n) is 9.06. The topological polar surface area (TPSA) is 77.5 Å². The molecule has 29 heavy (non-hydrogen) atoms. The minimum Gasteiger partial charge on any atom is -0.497 e. The number of halogens is 1. The number of hydrogen-bond donors (Lipinski definition) is 1. The highest BCUT2D eigenvalue weighted by molar-refractivity contribution is 5.82. The summed E-state index contributed by atoms with van der Waals surface area (Å²) in [6, 6.07) is 12.7. The van der Waals surface area contributed by atoms with Crippen molar-refractivity contribution in [3.63, 3.8) is 0 Å². The van der Waals surface area contributed by atoms with E-state index in [4.69, 9.17) is 9.47 Å². The Kier molecular flexibility index (Phi) is 6.39. The smallest absolute Gasteiger partial charge is 0.308 e. The van der Waals surface area contributed by atoms with Gasteiger partial charge in [0.05, 0.1) is 25.1 Å². The van der Waals surface area contributed by atoms with E-state index in [-0.39, 0.29) is 24.8 Å². The third-order valence-electron chi connectivity index (χ3n) is 4.46. The Bertz CT molecular complexity index is 1020. The van der Waals surface area contributed by atoms with Crippen LogP contribution in [0.5, 0.6) is 5.75 Å². The molecule has 0 aliphatic rings. The maximum absolute atomic E-state index is 13.9. The van der Waals surface area contributed by atoms with Crippen molar-refractivity contribution in [2.75, 3.05) is 7.11 Å². The zero-order valence-electron chi connectivity index (χ0n) is 16.1. The molecule has 0 fully saturated rings. The van der Waals surface area contributed by atoms with Gasteiger partial charge >= 0.3 is 5.97 Å². The number of carbonyl (C=O) groups excluding carboxylic acids is 2. The number of benzene rings is 2. The summed E-state index contributed by atoms with van der Waals surface area (Å²) in [6.07, 6.45) is 1.52. The van der Waals surface area contributed by atoms with E-state index >= 15 is 0 Å². The number of ether oxygens (including phenoxy) is 2. The highest BCUT2D eigenvalue weighted by Gasteiger charge is 2.19. The number of carbonyl (C=O) groups is 2. The molecule has 0 bridgehead atoms. The van der Waals surface area contributed by atoms with E-state index in [0.29, 0.717) is 22.2 Å². The number of fused-ring (bicyclic) bond motifs is 1. The van der Waals surface area contributed by atoms with Gasteiger partial charge in [-0.25, -0.2) is 4.39 Å². The molecule has 1 heterocycles. The molecule has 0 aliphatic heterocycles. The Hall–Kier alpha value is -3.48. The minimum absolute atomic E-state index is 0.0397. The summed E-state index contributed by atoms with van der Waals surface area (Å²) >= 11 is 0. The van der Waals surface area contributed by atoms with Crippen molar-refractivity contribution in [1.29, 1.82) is 0 Å². The molecule has 1 unspecified atom stereocenters. The van der Waals surface area contributed by atoms with Crippen molar-refractivity contribution >= 4 is 22.8 Å². The van der Waals surface area contributed by atoms with Gasteiger partial charge in [-0.15, -0.1) is 0 Å². The SMILES string of the molecule is COc1ccc(C(CC(=O)OCc2ccc(F)c3cccnc23)NC(C)=O)cc1. The molecule has 1 N–H and O–H groups in total. The Labute approximate surface area is 167 Å². The van der Waals surface area contributed by atoms with Crippen LogP contribution in [-0.4, -0.2) is 24.0 Å². The summed E-state index contributed by atoms with van der Waals surface area (Å²) in [7, 11) is 1.56. The first-order chi connectivity index (χ1) is 14.0. The average molecular weight is 396 g/mol. The van der Waals surface area contributed by atoms with Gasteiger partial charge in [-0.3, -0.25) is 14.6 Å². The van der Waals surface area contributed by atoms with E-state index in [1.807, 2.05) is 0 Å². The Morgan fingerprint density at radius 3 is 2.59 bits per heavy atom. The van der Waals surface area contributed by atoms with Gasteiger partial charge in [0.2, 0.25) is 5.91 Å². The molecular formula is C22H21FN2O4. The molecule has 7 heteroatoms. The van der Waals surface area contributed by atoms with E-state index in [1.54, 1.807) is 55.8 Å². The van der Waals surface area contributed by atoms with Gasteiger partial charge in [0.1, 0.15) is 18.2 Å². The number of nitrogens with one attached hydrogen (secondary N) is 1. The Morgan fingerprint density at radius 1 is 1.14 bits per heavy atom. The maximum Gasteiger partial charge on any atom is 0.308 e. The van der Waals surface area contributed by atoms with Crippen molar-refractivity contribution in [1.82, 2.24) is 10.3 Å². The van der Waals surface area contributed by atoms with E-state index in [0.717, 1.165) is 5.56 Å².